The SMILES string of the molecule is C=CC[C@@H]1O[C@H](COCc2ccccc2)[C@@H](OCc2ccccc2)[C@H](OCc2ccccc2)[C@H]1N. The second-order valence-corrected chi connectivity index (χ2v) is 8.84. The number of nitrogens with two attached hydrogens (primary N) is 1. The van der Waals surface area contributed by atoms with E-state index in [1.165, 1.54) is 0 Å². The third kappa shape index (κ3) is 7.34. The van der Waals surface area contributed by atoms with Crippen molar-refractivity contribution in [2.24, 2.45) is 5.73 Å². The minimum Gasteiger partial charge on any atom is -0.374 e. The van der Waals surface area contributed by atoms with Gasteiger partial charge in [-0.1, -0.05) is 97.1 Å². The summed E-state index contributed by atoms with van der Waals surface area (Å²) in [5.41, 5.74) is 9.98. The zero-order valence-electron chi connectivity index (χ0n) is 20.1. The van der Waals surface area contributed by atoms with Crippen molar-refractivity contribution in [2.75, 3.05) is 6.61 Å². The molecule has 2 N–H and O–H groups in total. The van der Waals surface area contributed by atoms with Crippen LogP contribution in [0.25, 0.3) is 0 Å². The summed E-state index contributed by atoms with van der Waals surface area (Å²) >= 11 is 0. The molecular formula is C30H35NO4. The van der Waals surface area contributed by atoms with Crippen LogP contribution in [-0.4, -0.2) is 37.1 Å². The van der Waals surface area contributed by atoms with Gasteiger partial charge in [0.05, 0.1) is 38.6 Å². The van der Waals surface area contributed by atoms with E-state index in [9.17, 15) is 0 Å². The second-order valence-electron chi connectivity index (χ2n) is 8.84. The van der Waals surface area contributed by atoms with Gasteiger partial charge in [-0.3, -0.25) is 0 Å². The van der Waals surface area contributed by atoms with Crippen LogP contribution < -0.4 is 5.73 Å². The van der Waals surface area contributed by atoms with Crippen molar-refractivity contribution in [1.82, 2.24) is 0 Å². The summed E-state index contributed by atoms with van der Waals surface area (Å²) in [6, 6.07) is 30.0. The van der Waals surface area contributed by atoms with Gasteiger partial charge in [-0.25, -0.2) is 0 Å². The van der Waals surface area contributed by atoms with Crippen LogP contribution in [0, 0.1) is 0 Å². The minimum absolute atomic E-state index is 0.227. The molecule has 0 aromatic heterocycles. The number of hydrogen-bond acceptors (Lipinski definition) is 5. The lowest BCUT2D eigenvalue weighted by molar-refractivity contribution is -0.227. The third-order valence-electron chi connectivity index (χ3n) is 6.21. The number of benzene rings is 3. The summed E-state index contributed by atoms with van der Waals surface area (Å²) < 4.78 is 25.4. The Bertz CT molecular complexity index is 999. The van der Waals surface area contributed by atoms with Gasteiger partial charge in [0, 0.05) is 0 Å². The molecule has 0 spiro atoms. The molecule has 3 aromatic carbocycles. The molecule has 1 heterocycles. The molecule has 1 aliphatic rings. The maximum absolute atomic E-state index is 6.70. The van der Waals surface area contributed by atoms with Gasteiger partial charge in [0.25, 0.3) is 0 Å². The monoisotopic (exact) mass is 473 g/mol. The van der Waals surface area contributed by atoms with Crippen molar-refractivity contribution in [3.05, 3.63) is 120 Å². The molecule has 5 heteroatoms. The molecule has 4 rings (SSSR count). The molecule has 0 radical (unpaired) electrons. The van der Waals surface area contributed by atoms with Gasteiger partial charge < -0.3 is 24.7 Å². The highest BCUT2D eigenvalue weighted by Crippen LogP contribution is 2.29. The molecule has 1 saturated heterocycles. The summed E-state index contributed by atoms with van der Waals surface area (Å²) in [5, 5.41) is 0. The number of rotatable bonds is 12. The number of ether oxygens (including phenoxy) is 4. The molecule has 184 valence electrons. The van der Waals surface area contributed by atoms with E-state index in [0.717, 1.165) is 16.7 Å². The van der Waals surface area contributed by atoms with E-state index < -0.39 is 0 Å². The molecule has 0 aliphatic carbocycles. The summed E-state index contributed by atoms with van der Waals surface area (Å²) in [4.78, 5) is 0. The molecule has 0 bridgehead atoms. The average molecular weight is 474 g/mol. The van der Waals surface area contributed by atoms with Crippen LogP contribution in [-0.2, 0) is 38.8 Å². The Morgan fingerprint density at radius 3 is 1.69 bits per heavy atom. The van der Waals surface area contributed by atoms with Crippen LogP contribution in [0.1, 0.15) is 23.1 Å². The first-order valence-corrected chi connectivity index (χ1v) is 12.2. The summed E-state index contributed by atoms with van der Waals surface area (Å²) in [6.07, 6.45) is 1.18. The predicted molar refractivity (Wildman–Crippen MR) is 138 cm³/mol. The average Bonchev–Trinajstić information content (AvgIpc) is 2.90. The van der Waals surface area contributed by atoms with Crippen molar-refractivity contribution in [1.29, 1.82) is 0 Å². The Hall–Kier alpha value is -2.80. The largest absolute Gasteiger partial charge is 0.374 e. The van der Waals surface area contributed by atoms with Gasteiger partial charge in [-0.05, 0) is 23.1 Å². The lowest BCUT2D eigenvalue weighted by Gasteiger charge is -2.45. The molecule has 0 saturated carbocycles. The van der Waals surface area contributed by atoms with E-state index >= 15 is 0 Å². The zero-order chi connectivity index (χ0) is 24.3. The maximum atomic E-state index is 6.70. The van der Waals surface area contributed by atoms with E-state index in [-0.39, 0.29) is 30.5 Å². The van der Waals surface area contributed by atoms with Crippen molar-refractivity contribution >= 4 is 0 Å². The Kier molecular flexibility index (Phi) is 9.64. The van der Waals surface area contributed by atoms with E-state index in [2.05, 4.69) is 6.58 Å². The van der Waals surface area contributed by atoms with Crippen LogP contribution in [0.2, 0.25) is 0 Å². The summed E-state index contributed by atoms with van der Waals surface area (Å²) in [6.45, 7) is 5.65. The first-order chi connectivity index (χ1) is 17.2. The lowest BCUT2D eigenvalue weighted by atomic mass is 9.91. The van der Waals surface area contributed by atoms with Gasteiger partial charge in [0.15, 0.2) is 0 Å². The second kappa shape index (κ2) is 13.3. The Balaban J connectivity index is 1.50. The standard InChI is InChI=1S/C30H35NO4/c1-2-12-26-28(31)30(34-21-25-17-10-5-11-18-25)29(33-20-24-15-8-4-9-16-24)27(35-26)22-32-19-23-13-6-3-7-14-23/h2-11,13-18,26-30H,1,12,19-22,31H2/t26-,27+,28-,29+,30+/m0/s1. The van der Waals surface area contributed by atoms with E-state index in [4.69, 9.17) is 24.7 Å². The first-order valence-electron chi connectivity index (χ1n) is 12.2. The van der Waals surface area contributed by atoms with E-state index in [1.807, 2.05) is 97.1 Å². The highest BCUT2D eigenvalue weighted by Gasteiger charge is 2.45. The van der Waals surface area contributed by atoms with Crippen molar-refractivity contribution < 1.29 is 18.9 Å². The van der Waals surface area contributed by atoms with Gasteiger partial charge in [-0.2, -0.15) is 0 Å². The Morgan fingerprint density at radius 1 is 0.686 bits per heavy atom. The molecule has 1 aliphatic heterocycles. The number of hydrogen-bond donors (Lipinski definition) is 1. The lowest BCUT2D eigenvalue weighted by Crippen LogP contribution is -2.63. The molecule has 5 nitrogen and oxygen atoms in total. The van der Waals surface area contributed by atoms with Crippen molar-refractivity contribution in [2.45, 2.75) is 56.7 Å². The fourth-order valence-electron chi connectivity index (χ4n) is 4.35. The van der Waals surface area contributed by atoms with Crippen LogP contribution in [0.5, 0.6) is 0 Å². The smallest absolute Gasteiger partial charge is 0.114 e. The van der Waals surface area contributed by atoms with Crippen LogP contribution in [0.3, 0.4) is 0 Å². The van der Waals surface area contributed by atoms with Crippen molar-refractivity contribution in [3.8, 4) is 0 Å². The highest BCUT2D eigenvalue weighted by atomic mass is 16.6. The zero-order valence-corrected chi connectivity index (χ0v) is 20.1. The Morgan fingerprint density at radius 2 is 1.17 bits per heavy atom. The quantitative estimate of drug-likeness (QED) is 0.373. The van der Waals surface area contributed by atoms with Crippen LogP contribution in [0.15, 0.2) is 104 Å². The fourth-order valence-corrected chi connectivity index (χ4v) is 4.35. The fraction of sp³-hybridized carbons (Fsp3) is 0.333. The molecule has 1 fully saturated rings. The predicted octanol–water partition coefficient (Wildman–Crippen LogP) is 5.04. The molecular weight excluding hydrogens is 438 g/mol. The van der Waals surface area contributed by atoms with Crippen LogP contribution in [0.4, 0.5) is 0 Å². The first kappa shape index (κ1) is 25.3. The highest BCUT2D eigenvalue weighted by molar-refractivity contribution is 5.15. The van der Waals surface area contributed by atoms with Gasteiger partial charge >= 0.3 is 0 Å². The minimum atomic E-state index is -0.384. The molecule has 0 unspecified atom stereocenters. The Labute approximate surface area is 208 Å². The van der Waals surface area contributed by atoms with Gasteiger partial charge in [0.2, 0.25) is 0 Å². The molecule has 35 heavy (non-hydrogen) atoms. The van der Waals surface area contributed by atoms with Crippen molar-refractivity contribution in [3.63, 3.8) is 0 Å². The van der Waals surface area contributed by atoms with E-state index in [0.29, 0.717) is 32.8 Å². The van der Waals surface area contributed by atoms with E-state index in [1.54, 1.807) is 0 Å². The molecule has 5 atom stereocenters. The molecule has 0 amide bonds. The van der Waals surface area contributed by atoms with Gasteiger partial charge in [-0.15, -0.1) is 6.58 Å². The normalized spacial score (nSPS) is 24.2. The van der Waals surface area contributed by atoms with Crippen LogP contribution >= 0.6 is 0 Å². The molecule has 3 aromatic rings. The maximum Gasteiger partial charge on any atom is 0.114 e. The third-order valence-corrected chi connectivity index (χ3v) is 6.21. The van der Waals surface area contributed by atoms with Gasteiger partial charge in [0.1, 0.15) is 18.3 Å². The topological polar surface area (TPSA) is 62.9 Å². The summed E-state index contributed by atoms with van der Waals surface area (Å²) in [5.74, 6) is 0. The summed E-state index contributed by atoms with van der Waals surface area (Å²) in [7, 11) is 0.